The van der Waals surface area contributed by atoms with Crippen molar-refractivity contribution in [1.29, 1.82) is 0 Å². The van der Waals surface area contributed by atoms with Crippen molar-refractivity contribution in [3.8, 4) is 23.0 Å². The second kappa shape index (κ2) is 29.1. The number of nitrogens with one attached hydrogen (secondary N) is 1. The van der Waals surface area contributed by atoms with Crippen LogP contribution in [0.25, 0.3) is 0 Å². The van der Waals surface area contributed by atoms with E-state index < -0.39 is 23.8 Å². The molecule has 4 aromatic carbocycles. The summed E-state index contributed by atoms with van der Waals surface area (Å²) in [6.45, 7) is 8.58. The molecule has 0 unspecified atom stereocenters. The first-order valence-corrected chi connectivity index (χ1v) is 26.8. The van der Waals surface area contributed by atoms with Gasteiger partial charge in [0, 0.05) is 69.6 Å². The van der Waals surface area contributed by atoms with Crippen LogP contribution in [0.1, 0.15) is 105 Å². The Morgan fingerprint density at radius 3 is 1.78 bits per heavy atom. The topological polar surface area (TPSA) is 193 Å². The smallest absolute Gasteiger partial charge is 0.308 e. The van der Waals surface area contributed by atoms with E-state index >= 15 is 0 Å². The van der Waals surface area contributed by atoms with Crippen molar-refractivity contribution in [3.63, 3.8) is 0 Å². The van der Waals surface area contributed by atoms with Crippen LogP contribution >= 0.6 is 0 Å². The number of methoxy groups -OCH3 is 3. The number of unbranched alkanes of at least 4 members (excludes halogenated alkanes) is 2. The highest BCUT2D eigenvalue weighted by atomic mass is 16.5. The van der Waals surface area contributed by atoms with Crippen LogP contribution in [-0.2, 0) is 38.4 Å². The molecule has 15 heteroatoms. The number of benzene rings is 4. The number of carbonyl (C=O) groups excluding carboxylic acids is 2. The number of aliphatic carboxylic acids is 2. The highest BCUT2D eigenvalue weighted by molar-refractivity contribution is 5.80. The molecule has 74 heavy (non-hydrogen) atoms. The Morgan fingerprint density at radius 2 is 1.24 bits per heavy atom. The summed E-state index contributed by atoms with van der Waals surface area (Å²) in [5.74, 6) is 0.0724. The molecule has 0 saturated carbocycles. The number of carboxylic acid groups (broad SMARTS) is 2. The van der Waals surface area contributed by atoms with Crippen molar-refractivity contribution >= 4 is 23.8 Å². The van der Waals surface area contributed by atoms with Gasteiger partial charge in [-0.05, 0) is 110 Å². The lowest BCUT2D eigenvalue weighted by atomic mass is 9.83. The van der Waals surface area contributed by atoms with Gasteiger partial charge in [-0.25, -0.2) is 0 Å². The van der Waals surface area contributed by atoms with Gasteiger partial charge in [0.2, 0.25) is 11.8 Å². The maximum Gasteiger partial charge on any atom is 0.308 e. The number of aryl methyl sites for hydroxylation is 2. The zero-order chi connectivity index (χ0) is 53.0. The maximum absolute atomic E-state index is 13.4. The quantitative estimate of drug-likeness (QED) is 0.0423. The summed E-state index contributed by atoms with van der Waals surface area (Å²) in [7, 11) is 4.94. The Morgan fingerprint density at radius 1 is 0.689 bits per heavy atom. The molecule has 402 valence electrons. The molecule has 5 N–H and O–H groups in total. The Labute approximate surface area is 438 Å². The molecule has 3 heterocycles. The summed E-state index contributed by atoms with van der Waals surface area (Å²) in [4.78, 5) is 57.4. The first-order chi connectivity index (χ1) is 35.9. The van der Waals surface area contributed by atoms with Gasteiger partial charge < -0.3 is 45.1 Å². The van der Waals surface area contributed by atoms with Crippen molar-refractivity contribution in [2.75, 3.05) is 80.3 Å². The number of hydrogen-bond donors (Lipinski definition) is 4. The number of amides is 2. The van der Waals surface area contributed by atoms with Crippen LogP contribution < -0.4 is 30.0 Å². The Balaban J connectivity index is 0.000000242. The van der Waals surface area contributed by atoms with Gasteiger partial charge in [0.25, 0.3) is 0 Å². The monoisotopic (exact) mass is 1020 g/mol. The summed E-state index contributed by atoms with van der Waals surface area (Å²) >= 11 is 0. The van der Waals surface area contributed by atoms with E-state index in [0.717, 1.165) is 109 Å². The van der Waals surface area contributed by atoms with Gasteiger partial charge in [-0.2, -0.15) is 0 Å². The molecule has 7 rings (SSSR count). The van der Waals surface area contributed by atoms with Gasteiger partial charge in [0.15, 0.2) is 0 Å². The lowest BCUT2D eigenvalue weighted by Gasteiger charge is -2.29. The number of hydrogen-bond acceptors (Lipinski definition) is 11. The van der Waals surface area contributed by atoms with Crippen molar-refractivity contribution in [1.82, 2.24) is 20.0 Å². The van der Waals surface area contributed by atoms with E-state index in [9.17, 15) is 29.4 Å². The number of para-hydroxylation sites is 2. The molecule has 4 aromatic rings. The Kier molecular flexibility index (Phi) is 22.4. The third-order valence-electron chi connectivity index (χ3n) is 15.1. The fraction of sp³-hybridized carbons (Fsp3) is 0.525. The number of rotatable bonds is 27. The summed E-state index contributed by atoms with van der Waals surface area (Å²) in [5.41, 5.74) is 11.1. The molecule has 15 nitrogen and oxygen atoms in total. The van der Waals surface area contributed by atoms with Crippen LogP contribution in [0.5, 0.6) is 23.0 Å². The molecule has 0 bridgehead atoms. The number of nitrogens with two attached hydrogens (primary N) is 1. The lowest BCUT2D eigenvalue weighted by molar-refractivity contribution is -0.144. The van der Waals surface area contributed by atoms with Crippen LogP contribution in [0.3, 0.4) is 0 Å². The predicted octanol–water partition coefficient (Wildman–Crippen LogP) is 7.82. The number of likely N-dealkylation sites (tertiary alicyclic amines) is 2. The summed E-state index contributed by atoms with van der Waals surface area (Å²) < 4.78 is 21.9. The van der Waals surface area contributed by atoms with Gasteiger partial charge in [-0.15, -0.1) is 0 Å². The van der Waals surface area contributed by atoms with Gasteiger partial charge >= 0.3 is 11.9 Å². The molecule has 6 atom stereocenters. The van der Waals surface area contributed by atoms with E-state index in [1.165, 1.54) is 0 Å². The van der Waals surface area contributed by atoms with Crippen molar-refractivity contribution in [2.45, 2.75) is 108 Å². The van der Waals surface area contributed by atoms with Gasteiger partial charge in [0.1, 0.15) is 23.0 Å². The first-order valence-electron chi connectivity index (χ1n) is 26.8. The standard InChI is InChI=1S/C31H43N3O5.C28H38N2O5/c1-3-4-16-33(17-15-32)29(35)21-34-20-25(23-12-13-28-24(19-23)14-18-39-28)30(31(36)37)26(34)10-7-9-22-8-5-6-11-27(22)38-2;1-4-5-17-29-26(31)19-30-18-23(20-13-15-22(34-2)16-14-20)27(28(32)33)24(30)11-8-10-21-9-6-7-12-25(21)35-3/h5-6,8,11-13,19,25-26,30H,3-4,7,9-10,14-18,20-21,32H2,1-2H3,(H,36,37);6-7,9,12-16,23-24,27H,4-5,8,10-11,17-19H2,1-3H3,(H,29,31)(H,32,33)/t25-,26+,30-;23-,24+,27-/m11/s1. The van der Waals surface area contributed by atoms with E-state index in [1.807, 2.05) is 83.8 Å². The van der Waals surface area contributed by atoms with Crippen LogP contribution in [-0.4, -0.2) is 141 Å². The lowest BCUT2D eigenvalue weighted by Crippen LogP contribution is -2.45. The van der Waals surface area contributed by atoms with Gasteiger partial charge in [-0.3, -0.25) is 29.0 Å². The molecule has 2 amide bonds. The van der Waals surface area contributed by atoms with Crippen LogP contribution in [0.4, 0.5) is 0 Å². The minimum Gasteiger partial charge on any atom is -0.497 e. The molecule has 0 aliphatic carbocycles. The SMILES string of the molecule is CCCCN(CCN)C(=O)CN1C[C@H](c2ccc3c(c2)CCO3)[C@@H](C(=O)O)[C@@H]1CCCc1ccccc1OC.CCCCNC(=O)CN1C[C@H](c2ccc(OC)cc2)[C@@H](C(=O)O)[C@@H]1CCCc1ccccc1OC. The highest BCUT2D eigenvalue weighted by Crippen LogP contribution is 2.43. The molecule has 3 aliphatic heterocycles. The number of nitrogens with zero attached hydrogens (tertiary/aromatic N) is 3. The molecule has 0 radical (unpaired) electrons. The average molecular weight is 1020 g/mol. The third kappa shape index (κ3) is 15.2. The number of ether oxygens (including phenoxy) is 4. The zero-order valence-corrected chi connectivity index (χ0v) is 44.3. The second-order valence-corrected chi connectivity index (χ2v) is 19.8. The van der Waals surface area contributed by atoms with Gasteiger partial charge in [0.05, 0.1) is 52.9 Å². The summed E-state index contributed by atoms with van der Waals surface area (Å²) in [6.07, 6.45) is 9.23. The third-order valence-corrected chi connectivity index (χ3v) is 15.1. The molecule has 2 saturated heterocycles. The van der Waals surface area contributed by atoms with E-state index in [1.54, 1.807) is 21.3 Å². The number of fused-ring (bicyclic) bond motifs is 1. The summed E-state index contributed by atoms with van der Waals surface area (Å²) in [5, 5.41) is 23.7. The molecule has 3 aliphatic rings. The Hall–Kier alpha value is -6.16. The first kappa shape index (κ1) is 57.1. The number of carbonyl (C=O) groups is 4. The zero-order valence-electron chi connectivity index (χ0n) is 44.3. The van der Waals surface area contributed by atoms with Crippen molar-refractivity contribution < 1.29 is 48.3 Å². The Bertz CT molecular complexity index is 2420. The average Bonchev–Trinajstić information content (AvgIpc) is 4.13. The molecular formula is C59H81N5O10. The molecule has 2 fully saturated rings. The van der Waals surface area contributed by atoms with Crippen molar-refractivity contribution in [2.24, 2.45) is 17.6 Å². The second-order valence-electron chi connectivity index (χ2n) is 19.8. The van der Waals surface area contributed by atoms with E-state index in [-0.39, 0.29) is 48.8 Å². The minimum absolute atomic E-state index is 0.0239. The predicted molar refractivity (Wildman–Crippen MR) is 287 cm³/mol. The van der Waals surface area contributed by atoms with Crippen LogP contribution in [0, 0.1) is 11.8 Å². The molecular weight excluding hydrogens is 939 g/mol. The van der Waals surface area contributed by atoms with Crippen LogP contribution in [0.15, 0.2) is 91.0 Å². The largest absolute Gasteiger partial charge is 0.497 e. The molecule has 0 spiro atoms. The van der Waals surface area contributed by atoms with Crippen molar-refractivity contribution in [3.05, 3.63) is 119 Å². The summed E-state index contributed by atoms with van der Waals surface area (Å²) in [6, 6.07) is 29.1. The number of carboxylic acids is 2. The van der Waals surface area contributed by atoms with E-state index in [0.29, 0.717) is 58.7 Å². The van der Waals surface area contributed by atoms with Gasteiger partial charge in [-0.1, -0.05) is 87.4 Å². The minimum atomic E-state index is -0.818. The van der Waals surface area contributed by atoms with Crippen LogP contribution in [0.2, 0.25) is 0 Å². The highest BCUT2D eigenvalue weighted by Gasteiger charge is 2.48. The fourth-order valence-corrected chi connectivity index (χ4v) is 11.3. The maximum atomic E-state index is 13.4. The normalized spacial score (nSPS) is 20.2. The molecule has 0 aromatic heterocycles. The van der Waals surface area contributed by atoms with E-state index in [2.05, 4.69) is 41.1 Å². The van der Waals surface area contributed by atoms with E-state index in [4.69, 9.17) is 24.7 Å². The fourth-order valence-electron chi connectivity index (χ4n) is 11.3.